The molecule has 0 bridgehead atoms. The molecule has 1 aromatic heterocycles. The quantitative estimate of drug-likeness (QED) is 0.557. The highest BCUT2D eigenvalue weighted by atomic mass is 32.2. The van der Waals surface area contributed by atoms with Crippen LogP contribution in [0, 0.1) is 11.8 Å². The van der Waals surface area contributed by atoms with Gasteiger partial charge in [0.1, 0.15) is 12.2 Å². The number of carboxylic acid groups (broad SMARTS) is 1. The zero-order valence-electron chi connectivity index (χ0n) is 13.4. The third-order valence-corrected chi connectivity index (χ3v) is 6.57. The first-order valence-corrected chi connectivity index (χ1v) is 8.83. The van der Waals surface area contributed by atoms with Gasteiger partial charge in [0.05, 0.1) is 29.9 Å². The van der Waals surface area contributed by atoms with Crippen molar-refractivity contribution in [2.75, 3.05) is 0 Å². The Labute approximate surface area is 142 Å². The Morgan fingerprint density at radius 2 is 2.29 bits per heavy atom. The lowest BCUT2D eigenvalue weighted by Gasteiger charge is -2.46. The molecule has 128 valence electrons. The number of aliphatic hydroxyl groups excluding tert-OH is 1. The standard InChI is InChI=1S/C15H18N4O4S/c1-7-11-10(8(2)20)14(21)19(11)12(15(22)23)13(7)24-9-3-17-5-16-6-18(17)4-9/h5-11,20H,3-4H2,1-2H3/p+1/t7-,8?,10-,11-/m1/s1. The summed E-state index contributed by atoms with van der Waals surface area (Å²) in [7, 11) is 0. The minimum Gasteiger partial charge on any atom is -0.477 e. The molecular formula is C15H19N4O4S+. The second kappa shape index (κ2) is 5.32. The first-order valence-electron chi connectivity index (χ1n) is 7.95. The van der Waals surface area contributed by atoms with Gasteiger partial charge in [0.2, 0.25) is 12.2 Å². The molecule has 1 fully saturated rings. The van der Waals surface area contributed by atoms with Crippen LogP contribution in [0.5, 0.6) is 0 Å². The summed E-state index contributed by atoms with van der Waals surface area (Å²) in [5.41, 5.74) is 0.0964. The van der Waals surface area contributed by atoms with E-state index in [1.165, 1.54) is 16.7 Å². The summed E-state index contributed by atoms with van der Waals surface area (Å²) in [5, 5.41) is 19.7. The van der Waals surface area contributed by atoms with Gasteiger partial charge in [-0.15, -0.1) is 11.8 Å². The molecule has 4 heterocycles. The number of hydrogen-bond acceptors (Lipinski definition) is 5. The number of nitrogens with zero attached hydrogens (tertiary/aromatic N) is 4. The van der Waals surface area contributed by atoms with Crippen LogP contribution in [-0.2, 0) is 22.7 Å². The van der Waals surface area contributed by atoms with Gasteiger partial charge < -0.3 is 15.1 Å². The highest BCUT2D eigenvalue weighted by Crippen LogP contribution is 2.51. The van der Waals surface area contributed by atoms with E-state index in [4.69, 9.17) is 0 Å². The number of carboxylic acids is 1. The Balaban J connectivity index is 1.61. The van der Waals surface area contributed by atoms with Crippen LogP contribution in [0.25, 0.3) is 0 Å². The van der Waals surface area contributed by atoms with Gasteiger partial charge in [0.15, 0.2) is 0 Å². The van der Waals surface area contributed by atoms with E-state index in [-0.39, 0.29) is 28.8 Å². The second-order valence-corrected chi connectivity index (χ2v) is 7.98. The molecule has 1 aromatic rings. The number of amides is 1. The molecule has 0 saturated carbocycles. The van der Waals surface area contributed by atoms with Gasteiger partial charge in [-0.25, -0.2) is 4.79 Å². The lowest BCUT2D eigenvalue weighted by atomic mass is 9.79. The maximum Gasteiger partial charge on any atom is 0.353 e. The lowest BCUT2D eigenvalue weighted by Crippen LogP contribution is -2.63. The molecule has 0 aromatic carbocycles. The van der Waals surface area contributed by atoms with E-state index in [0.29, 0.717) is 0 Å². The van der Waals surface area contributed by atoms with E-state index in [9.17, 15) is 19.8 Å². The lowest BCUT2D eigenvalue weighted by molar-refractivity contribution is -0.758. The Morgan fingerprint density at radius 3 is 2.92 bits per heavy atom. The summed E-state index contributed by atoms with van der Waals surface area (Å²) < 4.78 is 3.99. The SMILES string of the molecule is CC(O)[C@H]1C(=O)N2C(C(=O)O)=C(SC3Cn4cnc[n+]4C3)[C@H](C)[C@H]12. The van der Waals surface area contributed by atoms with Crippen LogP contribution in [-0.4, -0.2) is 54.1 Å². The minimum atomic E-state index is -1.07. The van der Waals surface area contributed by atoms with Crippen LogP contribution in [0.15, 0.2) is 23.3 Å². The third-order valence-electron chi connectivity index (χ3n) is 5.12. The molecule has 24 heavy (non-hydrogen) atoms. The van der Waals surface area contributed by atoms with Gasteiger partial charge in [0.25, 0.3) is 0 Å². The van der Waals surface area contributed by atoms with Crippen molar-refractivity contribution in [2.24, 2.45) is 11.8 Å². The molecule has 2 N–H and O–H groups in total. The fraction of sp³-hybridized carbons (Fsp3) is 0.600. The van der Waals surface area contributed by atoms with Crippen LogP contribution in [0.3, 0.4) is 0 Å². The van der Waals surface area contributed by atoms with E-state index in [2.05, 4.69) is 4.98 Å². The number of rotatable bonds is 4. The second-order valence-electron chi connectivity index (χ2n) is 6.64. The van der Waals surface area contributed by atoms with Gasteiger partial charge in [-0.1, -0.05) is 6.92 Å². The maximum atomic E-state index is 12.3. The van der Waals surface area contributed by atoms with Crippen LogP contribution < -0.4 is 4.68 Å². The highest BCUT2D eigenvalue weighted by Gasteiger charge is 2.60. The number of aliphatic carboxylic acids is 1. The first-order chi connectivity index (χ1) is 11.4. The van der Waals surface area contributed by atoms with Crippen molar-refractivity contribution >= 4 is 23.6 Å². The van der Waals surface area contributed by atoms with Gasteiger partial charge in [0, 0.05) is 10.8 Å². The van der Waals surface area contributed by atoms with Crippen LogP contribution >= 0.6 is 11.8 Å². The normalized spacial score (nSPS) is 32.6. The smallest absolute Gasteiger partial charge is 0.353 e. The molecule has 0 spiro atoms. The van der Waals surface area contributed by atoms with Gasteiger partial charge in [-0.3, -0.25) is 4.79 Å². The number of hydrogen-bond donors (Lipinski definition) is 2. The molecule has 3 aliphatic heterocycles. The van der Waals surface area contributed by atoms with Crippen molar-refractivity contribution in [1.82, 2.24) is 14.6 Å². The van der Waals surface area contributed by atoms with Crippen molar-refractivity contribution in [2.45, 2.75) is 44.3 Å². The minimum absolute atomic E-state index is 0.0820. The first kappa shape index (κ1) is 15.6. The summed E-state index contributed by atoms with van der Waals surface area (Å²) in [6, 6.07) is -0.249. The Hall–Kier alpha value is -1.87. The molecule has 9 heteroatoms. The Bertz CT molecular complexity index is 738. The molecule has 4 rings (SSSR count). The number of aromatic nitrogens is 3. The molecule has 1 amide bonds. The van der Waals surface area contributed by atoms with Gasteiger partial charge >= 0.3 is 12.3 Å². The van der Waals surface area contributed by atoms with Crippen LogP contribution in [0.1, 0.15) is 13.8 Å². The average Bonchev–Trinajstić information content (AvgIpc) is 3.12. The predicted molar refractivity (Wildman–Crippen MR) is 83.4 cm³/mol. The molecule has 8 nitrogen and oxygen atoms in total. The number of β-lactam (4-membered cyclic amide) rings is 1. The van der Waals surface area contributed by atoms with E-state index >= 15 is 0 Å². The Kier molecular flexibility index (Phi) is 3.47. The summed E-state index contributed by atoms with van der Waals surface area (Å²) >= 11 is 1.54. The molecule has 0 aliphatic carbocycles. The topological polar surface area (TPSA) is 99.5 Å². The molecule has 1 unspecified atom stereocenters. The monoisotopic (exact) mass is 351 g/mol. The molecule has 3 aliphatic rings. The summed E-state index contributed by atoms with van der Waals surface area (Å²) in [5.74, 6) is -1.95. The molecule has 4 atom stereocenters. The van der Waals surface area contributed by atoms with E-state index in [1.807, 2.05) is 16.3 Å². The van der Waals surface area contributed by atoms with Crippen molar-refractivity contribution in [3.05, 3.63) is 23.3 Å². The largest absolute Gasteiger partial charge is 0.477 e. The zero-order valence-corrected chi connectivity index (χ0v) is 14.2. The van der Waals surface area contributed by atoms with Crippen molar-refractivity contribution in [3.63, 3.8) is 0 Å². The van der Waals surface area contributed by atoms with E-state index < -0.39 is 18.0 Å². The Morgan fingerprint density at radius 1 is 1.54 bits per heavy atom. The summed E-state index contributed by atoms with van der Waals surface area (Å²) in [4.78, 5) is 30.3. The number of thioether (sulfide) groups is 1. The molecule has 0 radical (unpaired) electrons. The van der Waals surface area contributed by atoms with Crippen molar-refractivity contribution < 1.29 is 24.5 Å². The third kappa shape index (κ3) is 2.04. The summed E-state index contributed by atoms with van der Waals surface area (Å²) in [6.45, 7) is 5.05. The number of aliphatic hydroxyl groups is 1. The maximum absolute atomic E-state index is 12.3. The van der Waals surface area contributed by atoms with E-state index in [0.717, 1.165) is 18.0 Å². The van der Waals surface area contributed by atoms with Crippen molar-refractivity contribution in [3.8, 4) is 0 Å². The van der Waals surface area contributed by atoms with Gasteiger partial charge in [-0.05, 0) is 11.9 Å². The number of carbonyl (C=O) groups excluding carboxylic acids is 1. The number of fused-ring (bicyclic) bond motifs is 2. The molecule has 1 saturated heterocycles. The average molecular weight is 351 g/mol. The molecular weight excluding hydrogens is 332 g/mol. The van der Waals surface area contributed by atoms with E-state index in [1.54, 1.807) is 19.6 Å². The van der Waals surface area contributed by atoms with Crippen molar-refractivity contribution in [1.29, 1.82) is 0 Å². The highest BCUT2D eigenvalue weighted by molar-refractivity contribution is 8.03. The van der Waals surface area contributed by atoms with Crippen LogP contribution in [0.4, 0.5) is 0 Å². The zero-order chi connectivity index (χ0) is 17.2. The predicted octanol–water partition coefficient (Wildman–Crippen LogP) is -0.560. The fourth-order valence-electron chi connectivity index (χ4n) is 4.03. The fourth-order valence-corrected chi connectivity index (χ4v) is 5.49. The van der Waals surface area contributed by atoms with Crippen LogP contribution in [0.2, 0.25) is 0 Å². The summed E-state index contributed by atoms with van der Waals surface area (Å²) in [6.07, 6.45) is 2.74. The number of carbonyl (C=O) groups is 2. The van der Waals surface area contributed by atoms with Gasteiger partial charge in [-0.2, -0.15) is 9.36 Å².